The summed E-state index contributed by atoms with van der Waals surface area (Å²) in [6.07, 6.45) is 6.15. The van der Waals surface area contributed by atoms with Gasteiger partial charge in [-0.1, -0.05) is 13.3 Å². The van der Waals surface area contributed by atoms with Crippen LogP contribution in [0.5, 0.6) is 0 Å². The Morgan fingerprint density at radius 1 is 1.33 bits per heavy atom. The van der Waals surface area contributed by atoms with Crippen LogP contribution in [0.1, 0.15) is 31.4 Å². The van der Waals surface area contributed by atoms with E-state index < -0.39 is 0 Å². The Labute approximate surface area is 179 Å². The van der Waals surface area contributed by atoms with Gasteiger partial charge in [0.1, 0.15) is 6.10 Å². The van der Waals surface area contributed by atoms with Crippen molar-refractivity contribution in [2.75, 3.05) is 59.7 Å². The molecule has 0 amide bonds. The molecule has 27 heavy (non-hydrogen) atoms. The van der Waals surface area contributed by atoms with E-state index in [0.717, 1.165) is 50.6 Å². The molecule has 1 unspecified atom stereocenters. The first kappa shape index (κ1) is 24.1. The van der Waals surface area contributed by atoms with E-state index in [2.05, 4.69) is 27.2 Å². The van der Waals surface area contributed by atoms with Gasteiger partial charge in [0.2, 0.25) is 0 Å². The van der Waals surface area contributed by atoms with E-state index in [4.69, 9.17) is 14.2 Å². The lowest BCUT2D eigenvalue weighted by atomic mass is 10.1. The molecule has 0 aliphatic carbocycles. The maximum atomic E-state index is 5.88. The van der Waals surface area contributed by atoms with Gasteiger partial charge in [0.25, 0.3) is 0 Å². The first-order valence-corrected chi connectivity index (χ1v) is 9.45. The Bertz CT molecular complexity index is 541. The Morgan fingerprint density at radius 2 is 2.11 bits per heavy atom. The van der Waals surface area contributed by atoms with Crippen LogP contribution in [-0.4, -0.2) is 80.4 Å². The summed E-state index contributed by atoms with van der Waals surface area (Å²) in [5.41, 5.74) is 1.10. The number of nitrogens with one attached hydrogen (secondary N) is 1. The molecule has 1 aromatic heterocycles. The van der Waals surface area contributed by atoms with E-state index in [-0.39, 0.29) is 30.1 Å². The summed E-state index contributed by atoms with van der Waals surface area (Å²) in [7, 11) is 3.72. The van der Waals surface area contributed by atoms with E-state index >= 15 is 0 Å². The van der Waals surface area contributed by atoms with Gasteiger partial charge in [0, 0.05) is 45.6 Å². The number of aliphatic imine (C=N–C) groups is 1. The molecule has 0 bridgehead atoms. The van der Waals surface area contributed by atoms with Crippen molar-refractivity contribution >= 4 is 29.9 Å². The molecule has 1 aromatic rings. The monoisotopic (exact) mass is 495 g/mol. The fourth-order valence-corrected chi connectivity index (χ4v) is 2.79. The third-order valence-electron chi connectivity index (χ3n) is 4.22. The Hall–Kier alpha value is -0.910. The molecule has 0 spiro atoms. The average molecular weight is 495 g/mol. The second kappa shape index (κ2) is 14.1. The maximum Gasteiger partial charge on any atom is 0.193 e. The van der Waals surface area contributed by atoms with Crippen molar-refractivity contribution in [1.82, 2.24) is 20.0 Å². The van der Waals surface area contributed by atoms with Crippen molar-refractivity contribution in [3.63, 3.8) is 0 Å². The number of hydrogen-bond donors (Lipinski definition) is 1. The molecule has 1 fully saturated rings. The minimum atomic E-state index is 0. The lowest BCUT2D eigenvalue weighted by Gasteiger charge is -2.34. The van der Waals surface area contributed by atoms with Crippen molar-refractivity contribution in [2.45, 2.75) is 25.9 Å². The molecule has 1 saturated heterocycles. The number of hydrogen-bond acceptors (Lipinski definition) is 5. The quantitative estimate of drug-likeness (QED) is 0.231. The summed E-state index contributed by atoms with van der Waals surface area (Å²) in [6, 6.07) is 0. The summed E-state index contributed by atoms with van der Waals surface area (Å²) in [4.78, 5) is 6.60. The standard InChI is InChI=1S/C18H33N5O3.HI/c1-4-5-8-24-11-12-25-9-6-20-18(19-2)23-7-10-26-17(15-23)16-13-21-22(3)14-16;/h13-14,17H,4-12,15H2,1-3H3,(H,19,20);1H. The van der Waals surface area contributed by atoms with Gasteiger partial charge in [0.05, 0.1) is 39.2 Å². The maximum absolute atomic E-state index is 5.88. The van der Waals surface area contributed by atoms with Crippen LogP contribution >= 0.6 is 24.0 Å². The summed E-state index contributed by atoms with van der Waals surface area (Å²) in [5.74, 6) is 0.880. The SMILES string of the molecule is CCCCOCCOCCNC(=NC)N1CCOC(c2cnn(C)c2)C1.I. The molecule has 0 radical (unpaired) electrons. The zero-order valence-corrected chi connectivity index (χ0v) is 19.1. The molecule has 1 aliphatic rings. The third-order valence-corrected chi connectivity index (χ3v) is 4.22. The molecule has 1 N–H and O–H groups in total. The van der Waals surface area contributed by atoms with Crippen LogP contribution in [0.3, 0.4) is 0 Å². The van der Waals surface area contributed by atoms with Gasteiger partial charge in [-0.15, -0.1) is 24.0 Å². The van der Waals surface area contributed by atoms with Crippen molar-refractivity contribution < 1.29 is 14.2 Å². The van der Waals surface area contributed by atoms with Crippen LogP contribution in [0.2, 0.25) is 0 Å². The van der Waals surface area contributed by atoms with Gasteiger partial charge < -0.3 is 24.4 Å². The highest BCUT2D eigenvalue weighted by atomic mass is 127. The number of rotatable bonds is 10. The largest absolute Gasteiger partial charge is 0.379 e. The number of aryl methyl sites for hydroxylation is 1. The molecular formula is C18H34IN5O3. The first-order valence-electron chi connectivity index (χ1n) is 9.45. The topological polar surface area (TPSA) is 73.1 Å². The fourth-order valence-electron chi connectivity index (χ4n) is 2.79. The van der Waals surface area contributed by atoms with E-state index in [1.54, 1.807) is 11.7 Å². The smallest absolute Gasteiger partial charge is 0.193 e. The van der Waals surface area contributed by atoms with Crippen LogP contribution in [0.15, 0.2) is 17.4 Å². The van der Waals surface area contributed by atoms with Gasteiger partial charge in [0.15, 0.2) is 5.96 Å². The Kier molecular flexibility index (Phi) is 12.6. The molecule has 2 rings (SSSR count). The molecule has 8 nitrogen and oxygen atoms in total. The van der Waals surface area contributed by atoms with Gasteiger partial charge in [-0.05, 0) is 6.42 Å². The lowest BCUT2D eigenvalue weighted by Crippen LogP contribution is -2.48. The fraction of sp³-hybridized carbons (Fsp3) is 0.778. The Balaban J connectivity index is 0.00000364. The molecule has 0 aromatic carbocycles. The highest BCUT2D eigenvalue weighted by Crippen LogP contribution is 2.21. The summed E-state index contributed by atoms with van der Waals surface area (Å²) in [5, 5.41) is 7.59. The minimum absolute atomic E-state index is 0. The Morgan fingerprint density at radius 3 is 2.78 bits per heavy atom. The van der Waals surface area contributed by atoms with Gasteiger partial charge in [-0.2, -0.15) is 5.10 Å². The molecular weight excluding hydrogens is 461 g/mol. The molecule has 0 saturated carbocycles. The van der Waals surface area contributed by atoms with Crippen molar-refractivity contribution in [3.8, 4) is 0 Å². The zero-order chi connectivity index (χ0) is 18.6. The molecule has 1 aliphatic heterocycles. The highest BCUT2D eigenvalue weighted by molar-refractivity contribution is 14.0. The normalized spacial score (nSPS) is 17.7. The van der Waals surface area contributed by atoms with Gasteiger partial charge in [-0.3, -0.25) is 9.67 Å². The molecule has 1 atom stereocenters. The van der Waals surface area contributed by atoms with Crippen molar-refractivity contribution in [2.24, 2.45) is 12.0 Å². The molecule has 2 heterocycles. The summed E-state index contributed by atoms with van der Waals surface area (Å²) in [6.45, 7) is 7.87. The number of morpholine rings is 1. The minimum Gasteiger partial charge on any atom is -0.379 e. The first-order chi connectivity index (χ1) is 12.7. The highest BCUT2D eigenvalue weighted by Gasteiger charge is 2.24. The van der Waals surface area contributed by atoms with Crippen LogP contribution in [0, 0.1) is 0 Å². The van der Waals surface area contributed by atoms with Gasteiger partial charge in [-0.25, -0.2) is 0 Å². The van der Waals surface area contributed by atoms with Crippen LogP contribution < -0.4 is 5.32 Å². The number of unbranched alkanes of at least 4 members (excludes halogenated alkanes) is 1. The number of halogens is 1. The lowest BCUT2D eigenvalue weighted by molar-refractivity contribution is -0.00823. The van der Waals surface area contributed by atoms with Gasteiger partial charge >= 0.3 is 0 Å². The number of aromatic nitrogens is 2. The number of guanidine groups is 1. The third kappa shape index (κ3) is 8.75. The predicted octanol–water partition coefficient (Wildman–Crippen LogP) is 1.82. The van der Waals surface area contributed by atoms with Crippen molar-refractivity contribution in [3.05, 3.63) is 18.0 Å². The van der Waals surface area contributed by atoms with E-state index in [1.807, 2.05) is 19.4 Å². The zero-order valence-electron chi connectivity index (χ0n) is 16.7. The second-order valence-corrected chi connectivity index (χ2v) is 6.31. The van der Waals surface area contributed by atoms with Crippen LogP contribution in [-0.2, 0) is 21.3 Å². The summed E-state index contributed by atoms with van der Waals surface area (Å²) >= 11 is 0. The van der Waals surface area contributed by atoms with E-state index in [9.17, 15) is 0 Å². The molecule has 9 heteroatoms. The van der Waals surface area contributed by atoms with Crippen LogP contribution in [0.4, 0.5) is 0 Å². The number of nitrogens with zero attached hydrogens (tertiary/aromatic N) is 4. The second-order valence-electron chi connectivity index (χ2n) is 6.31. The number of ether oxygens (including phenoxy) is 3. The van der Waals surface area contributed by atoms with Crippen LogP contribution in [0.25, 0.3) is 0 Å². The van der Waals surface area contributed by atoms with E-state index in [1.165, 1.54) is 0 Å². The average Bonchev–Trinajstić information content (AvgIpc) is 3.10. The van der Waals surface area contributed by atoms with Crippen molar-refractivity contribution in [1.29, 1.82) is 0 Å². The van der Waals surface area contributed by atoms with E-state index in [0.29, 0.717) is 26.4 Å². The summed E-state index contributed by atoms with van der Waals surface area (Å²) < 4.78 is 18.8. The molecule has 156 valence electrons. The predicted molar refractivity (Wildman–Crippen MR) is 117 cm³/mol.